The summed E-state index contributed by atoms with van der Waals surface area (Å²) >= 11 is 0. The highest BCUT2D eigenvalue weighted by atomic mass is 14.7. The minimum Gasteiger partial charge on any atom is -0.252 e. The number of benzene rings is 1. The van der Waals surface area contributed by atoms with Crippen molar-refractivity contribution < 1.29 is 0 Å². The monoisotopic (exact) mass is 211 g/mol. The maximum atomic E-state index is 4.87. The van der Waals surface area contributed by atoms with Gasteiger partial charge in [-0.3, -0.25) is 4.98 Å². The standard InChI is InChI=1S/C15H17N/c1-2-11-7-5-8-13-10-12-6-3-4-9-14(12)16-15(11)13/h3-4,6,9-11H,2,5,7-8H2,1H3. The van der Waals surface area contributed by atoms with Gasteiger partial charge in [-0.25, -0.2) is 0 Å². The molecule has 0 saturated carbocycles. The van der Waals surface area contributed by atoms with Gasteiger partial charge in [-0.2, -0.15) is 0 Å². The zero-order valence-electron chi connectivity index (χ0n) is 9.74. The summed E-state index contributed by atoms with van der Waals surface area (Å²) in [6.07, 6.45) is 5.07. The Balaban J connectivity index is 2.21. The van der Waals surface area contributed by atoms with Crippen molar-refractivity contribution in [3.63, 3.8) is 0 Å². The van der Waals surface area contributed by atoms with Crippen LogP contribution in [0.15, 0.2) is 30.3 Å². The largest absolute Gasteiger partial charge is 0.252 e. The first-order valence-corrected chi connectivity index (χ1v) is 6.27. The molecule has 1 heterocycles. The van der Waals surface area contributed by atoms with Crippen LogP contribution in [0.4, 0.5) is 0 Å². The Morgan fingerprint density at radius 1 is 1.31 bits per heavy atom. The summed E-state index contributed by atoms with van der Waals surface area (Å²) in [4.78, 5) is 4.87. The van der Waals surface area contributed by atoms with Crippen molar-refractivity contribution >= 4 is 10.9 Å². The summed E-state index contributed by atoms with van der Waals surface area (Å²) in [5, 5.41) is 1.29. The molecule has 1 aliphatic rings. The Bertz CT molecular complexity index is 516. The Labute approximate surface area is 96.5 Å². The smallest absolute Gasteiger partial charge is 0.0705 e. The van der Waals surface area contributed by atoms with Crippen molar-refractivity contribution in [2.75, 3.05) is 0 Å². The molecule has 0 fully saturated rings. The number of hydrogen-bond acceptors (Lipinski definition) is 1. The van der Waals surface area contributed by atoms with Crippen LogP contribution in [-0.2, 0) is 6.42 Å². The van der Waals surface area contributed by atoms with Crippen LogP contribution < -0.4 is 0 Å². The summed E-state index contributed by atoms with van der Waals surface area (Å²) in [7, 11) is 0. The number of fused-ring (bicyclic) bond motifs is 2. The Hall–Kier alpha value is -1.37. The second-order valence-electron chi connectivity index (χ2n) is 4.72. The summed E-state index contributed by atoms with van der Waals surface area (Å²) in [5.74, 6) is 0.688. The minimum atomic E-state index is 0.688. The molecule has 1 unspecified atom stereocenters. The maximum absolute atomic E-state index is 4.87. The molecular formula is C15H17N. The van der Waals surface area contributed by atoms with Crippen LogP contribution in [0, 0.1) is 0 Å². The van der Waals surface area contributed by atoms with Gasteiger partial charge in [0.05, 0.1) is 5.52 Å². The Morgan fingerprint density at radius 3 is 3.06 bits per heavy atom. The molecule has 1 heteroatoms. The Morgan fingerprint density at radius 2 is 2.19 bits per heavy atom. The topological polar surface area (TPSA) is 12.9 Å². The lowest BCUT2D eigenvalue weighted by molar-refractivity contribution is 0.527. The molecule has 0 bridgehead atoms. The van der Waals surface area contributed by atoms with Crippen LogP contribution in [0.1, 0.15) is 43.4 Å². The third-order valence-electron chi connectivity index (χ3n) is 3.71. The molecule has 0 saturated heterocycles. The summed E-state index contributed by atoms with van der Waals surface area (Å²) in [6.45, 7) is 2.27. The van der Waals surface area contributed by atoms with Gasteiger partial charge in [-0.15, -0.1) is 0 Å². The molecule has 3 rings (SSSR count). The van der Waals surface area contributed by atoms with E-state index >= 15 is 0 Å². The predicted octanol–water partition coefficient (Wildman–Crippen LogP) is 4.06. The molecule has 0 amide bonds. The molecular weight excluding hydrogens is 194 g/mol. The van der Waals surface area contributed by atoms with E-state index in [1.54, 1.807) is 0 Å². The van der Waals surface area contributed by atoms with Gasteiger partial charge in [0.25, 0.3) is 0 Å². The second-order valence-corrected chi connectivity index (χ2v) is 4.72. The number of pyridine rings is 1. The van der Waals surface area contributed by atoms with Gasteiger partial charge in [0.1, 0.15) is 0 Å². The molecule has 1 nitrogen and oxygen atoms in total. The number of nitrogens with zero attached hydrogens (tertiary/aromatic N) is 1. The number of para-hydroxylation sites is 1. The molecule has 0 spiro atoms. The normalized spacial score (nSPS) is 19.7. The number of rotatable bonds is 1. The molecule has 1 atom stereocenters. The van der Waals surface area contributed by atoms with E-state index in [1.165, 1.54) is 42.3 Å². The van der Waals surface area contributed by atoms with Crippen LogP contribution in [-0.4, -0.2) is 4.98 Å². The highest BCUT2D eigenvalue weighted by Crippen LogP contribution is 2.33. The zero-order valence-corrected chi connectivity index (χ0v) is 9.74. The van der Waals surface area contributed by atoms with Crippen molar-refractivity contribution in [3.05, 3.63) is 41.6 Å². The van der Waals surface area contributed by atoms with Crippen LogP contribution in [0.5, 0.6) is 0 Å². The van der Waals surface area contributed by atoms with Crippen molar-refractivity contribution in [1.29, 1.82) is 0 Å². The first kappa shape index (κ1) is 9.83. The van der Waals surface area contributed by atoms with Crippen molar-refractivity contribution in [3.8, 4) is 0 Å². The number of hydrogen-bond donors (Lipinski definition) is 0. The van der Waals surface area contributed by atoms with Crippen LogP contribution >= 0.6 is 0 Å². The van der Waals surface area contributed by atoms with E-state index in [-0.39, 0.29) is 0 Å². The van der Waals surface area contributed by atoms with Gasteiger partial charge >= 0.3 is 0 Å². The molecule has 1 aromatic carbocycles. The predicted molar refractivity (Wildman–Crippen MR) is 67.7 cm³/mol. The molecule has 82 valence electrons. The van der Waals surface area contributed by atoms with Crippen molar-refractivity contribution in [2.45, 2.75) is 38.5 Å². The average molecular weight is 211 g/mol. The summed E-state index contributed by atoms with van der Waals surface area (Å²) in [6, 6.07) is 10.8. The fourth-order valence-corrected chi connectivity index (χ4v) is 2.80. The quantitative estimate of drug-likeness (QED) is 0.693. The second kappa shape index (κ2) is 3.89. The fraction of sp³-hybridized carbons (Fsp3) is 0.400. The van der Waals surface area contributed by atoms with Gasteiger partial charge in [-0.1, -0.05) is 25.1 Å². The van der Waals surface area contributed by atoms with Gasteiger partial charge in [0, 0.05) is 17.0 Å². The molecule has 0 radical (unpaired) electrons. The van der Waals surface area contributed by atoms with E-state index in [4.69, 9.17) is 4.98 Å². The van der Waals surface area contributed by atoms with Gasteiger partial charge < -0.3 is 0 Å². The lowest BCUT2D eigenvalue weighted by atomic mass is 9.84. The lowest BCUT2D eigenvalue weighted by Crippen LogP contribution is -2.11. The molecule has 0 aliphatic heterocycles. The van der Waals surface area contributed by atoms with E-state index in [9.17, 15) is 0 Å². The van der Waals surface area contributed by atoms with Gasteiger partial charge in [0.2, 0.25) is 0 Å². The highest BCUT2D eigenvalue weighted by molar-refractivity contribution is 5.79. The first-order chi connectivity index (χ1) is 7.88. The summed E-state index contributed by atoms with van der Waals surface area (Å²) < 4.78 is 0. The highest BCUT2D eigenvalue weighted by Gasteiger charge is 2.20. The third-order valence-corrected chi connectivity index (χ3v) is 3.71. The Kier molecular flexibility index (Phi) is 2.39. The first-order valence-electron chi connectivity index (χ1n) is 6.27. The van der Waals surface area contributed by atoms with Crippen LogP contribution in [0.2, 0.25) is 0 Å². The summed E-state index contributed by atoms with van der Waals surface area (Å²) in [5.41, 5.74) is 4.01. The van der Waals surface area contributed by atoms with E-state index in [0.29, 0.717) is 5.92 Å². The third kappa shape index (κ3) is 1.51. The lowest BCUT2D eigenvalue weighted by Gasteiger charge is -2.23. The van der Waals surface area contributed by atoms with Gasteiger partial charge in [-0.05, 0) is 43.4 Å². The van der Waals surface area contributed by atoms with Crippen LogP contribution in [0.3, 0.4) is 0 Å². The molecule has 16 heavy (non-hydrogen) atoms. The van der Waals surface area contributed by atoms with Crippen molar-refractivity contribution in [1.82, 2.24) is 4.98 Å². The number of aryl methyl sites for hydroxylation is 1. The van der Waals surface area contributed by atoms with Gasteiger partial charge in [0.15, 0.2) is 0 Å². The molecule has 2 aromatic rings. The minimum absolute atomic E-state index is 0.688. The zero-order chi connectivity index (χ0) is 11.0. The molecule has 0 N–H and O–H groups in total. The SMILES string of the molecule is CCC1CCCc2cc3ccccc3nc21. The molecule has 1 aliphatic carbocycles. The van der Waals surface area contributed by atoms with E-state index in [1.807, 2.05) is 0 Å². The van der Waals surface area contributed by atoms with Crippen LogP contribution in [0.25, 0.3) is 10.9 Å². The molecule has 1 aromatic heterocycles. The van der Waals surface area contributed by atoms with Crippen molar-refractivity contribution in [2.24, 2.45) is 0 Å². The van der Waals surface area contributed by atoms with E-state index < -0.39 is 0 Å². The maximum Gasteiger partial charge on any atom is 0.0705 e. The average Bonchev–Trinajstić information content (AvgIpc) is 2.35. The van der Waals surface area contributed by atoms with E-state index in [2.05, 4.69) is 37.3 Å². The van der Waals surface area contributed by atoms with E-state index in [0.717, 1.165) is 5.52 Å². The fourth-order valence-electron chi connectivity index (χ4n) is 2.80. The number of aromatic nitrogens is 1.